The third-order valence-corrected chi connectivity index (χ3v) is 7.93. The molecule has 1 aromatic heterocycles. The van der Waals surface area contributed by atoms with Gasteiger partial charge in [0.1, 0.15) is 16.8 Å². The summed E-state index contributed by atoms with van der Waals surface area (Å²) < 4.78 is 17.6. The van der Waals surface area contributed by atoms with Crippen LogP contribution >= 0.6 is 23.2 Å². The number of carbonyl (C=O) groups excluding carboxylic acids is 4. The Morgan fingerprint density at radius 3 is 2.02 bits per heavy atom. The Balaban J connectivity index is 1.77. The number of nitrogens with one attached hydrogen (secondary N) is 3. The zero-order chi connectivity index (χ0) is 37.2. The minimum atomic E-state index is -1.08. The van der Waals surface area contributed by atoms with Gasteiger partial charge in [0.2, 0.25) is 0 Å². The number of urea groups is 1. The van der Waals surface area contributed by atoms with E-state index in [1.54, 1.807) is 80.5 Å². The van der Waals surface area contributed by atoms with Crippen LogP contribution in [0.3, 0.4) is 0 Å². The van der Waals surface area contributed by atoms with E-state index in [9.17, 15) is 19.2 Å². The van der Waals surface area contributed by atoms with Crippen LogP contribution < -0.4 is 20.9 Å². The van der Waals surface area contributed by atoms with Crippen molar-refractivity contribution in [3.8, 4) is 0 Å². The second kappa shape index (κ2) is 15.0. The Morgan fingerprint density at radius 1 is 0.860 bits per heavy atom. The molecule has 1 aliphatic heterocycles. The maximum Gasteiger partial charge on any atom is 0.435 e. The number of aromatic nitrogens is 2. The van der Waals surface area contributed by atoms with E-state index in [1.807, 2.05) is 6.07 Å². The van der Waals surface area contributed by atoms with Gasteiger partial charge in [0, 0.05) is 17.1 Å². The van der Waals surface area contributed by atoms with Crippen LogP contribution in [0.5, 0.6) is 0 Å². The van der Waals surface area contributed by atoms with Crippen molar-refractivity contribution >= 4 is 69.9 Å². The summed E-state index contributed by atoms with van der Waals surface area (Å²) in [6, 6.07) is 8.76. The molecule has 1 fully saturated rings. The first-order valence-corrected chi connectivity index (χ1v) is 17.2. The lowest BCUT2D eigenvalue weighted by atomic mass is 9.92. The number of fused-ring (bicyclic) bond motifs is 1. The summed E-state index contributed by atoms with van der Waals surface area (Å²) in [7, 11) is 0. The lowest BCUT2D eigenvalue weighted by Gasteiger charge is -2.32. The number of rotatable bonds is 5. The lowest BCUT2D eigenvalue weighted by molar-refractivity contribution is 0.0420. The number of amides is 4. The predicted octanol–water partition coefficient (Wildman–Crippen LogP) is 8.81. The normalized spacial score (nSPS) is 15.9. The number of anilines is 2. The molecule has 50 heavy (non-hydrogen) atoms. The largest absolute Gasteiger partial charge is 0.443 e. The van der Waals surface area contributed by atoms with Gasteiger partial charge in [-0.25, -0.2) is 19.2 Å². The zero-order valence-electron chi connectivity index (χ0n) is 29.9. The molecule has 4 rings (SSSR count). The molecule has 2 heterocycles. The first kappa shape index (κ1) is 38.7. The van der Waals surface area contributed by atoms with Crippen molar-refractivity contribution < 1.29 is 33.4 Å². The molecular weight excluding hydrogens is 687 g/mol. The van der Waals surface area contributed by atoms with Crippen molar-refractivity contribution in [1.29, 1.82) is 0 Å². The molecule has 0 aliphatic carbocycles. The Bertz CT molecular complexity index is 1720. The average Bonchev–Trinajstić information content (AvgIpc) is 3.33. The molecule has 0 bridgehead atoms. The summed E-state index contributed by atoms with van der Waals surface area (Å²) in [4.78, 5) is 54.7. The maximum atomic E-state index is 13.6. The van der Waals surface area contributed by atoms with E-state index >= 15 is 0 Å². The van der Waals surface area contributed by atoms with Gasteiger partial charge in [0.25, 0.3) is 0 Å². The Morgan fingerprint density at radius 2 is 1.48 bits per heavy atom. The Labute approximate surface area is 302 Å². The molecule has 3 aromatic rings. The molecule has 2 atom stereocenters. The van der Waals surface area contributed by atoms with Crippen molar-refractivity contribution in [2.24, 2.45) is 0 Å². The highest BCUT2D eigenvalue weighted by Crippen LogP contribution is 2.33. The summed E-state index contributed by atoms with van der Waals surface area (Å²) in [5.74, 6) is -0.265. The molecular formula is C35H46Cl2N6O7. The third kappa shape index (κ3) is 10.2. The Kier molecular flexibility index (Phi) is 11.6. The van der Waals surface area contributed by atoms with E-state index in [1.165, 1.54) is 12.1 Å². The van der Waals surface area contributed by atoms with E-state index in [0.717, 1.165) is 36.1 Å². The molecule has 15 heteroatoms. The topological polar surface area (TPSA) is 153 Å². The second-order valence-electron chi connectivity index (χ2n) is 15.0. The fraction of sp³-hybridized carbons (Fsp3) is 0.514. The molecule has 1 aliphatic rings. The van der Waals surface area contributed by atoms with Gasteiger partial charge in [-0.15, -0.1) is 5.10 Å². The van der Waals surface area contributed by atoms with Crippen LogP contribution in [0.2, 0.25) is 10.0 Å². The molecule has 0 unspecified atom stereocenters. The lowest BCUT2D eigenvalue weighted by Crippen LogP contribution is -2.47. The van der Waals surface area contributed by atoms with E-state index in [0.29, 0.717) is 14.9 Å². The smallest absolute Gasteiger partial charge is 0.435 e. The molecule has 1 saturated heterocycles. The van der Waals surface area contributed by atoms with Crippen molar-refractivity contribution in [3.05, 3.63) is 52.0 Å². The zero-order valence-corrected chi connectivity index (χ0v) is 31.4. The Hall–Kier alpha value is -4.07. The van der Waals surface area contributed by atoms with Gasteiger partial charge < -0.3 is 30.2 Å². The molecule has 0 radical (unpaired) electrons. The average molecular weight is 734 g/mol. The van der Waals surface area contributed by atoms with Gasteiger partial charge in [-0.3, -0.25) is 0 Å². The van der Waals surface area contributed by atoms with E-state index in [2.05, 4.69) is 21.0 Å². The number of halogens is 2. The van der Waals surface area contributed by atoms with E-state index < -0.39 is 47.2 Å². The highest BCUT2D eigenvalue weighted by molar-refractivity contribution is 6.42. The highest BCUT2D eigenvalue weighted by atomic mass is 35.5. The molecule has 3 N–H and O–H groups in total. The highest BCUT2D eigenvalue weighted by Gasteiger charge is 2.37. The molecule has 0 saturated carbocycles. The minimum Gasteiger partial charge on any atom is -0.443 e. The van der Waals surface area contributed by atoms with Crippen LogP contribution in [0.15, 0.2) is 36.4 Å². The molecule has 0 spiro atoms. The van der Waals surface area contributed by atoms with Crippen LogP contribution in [-0.2, 0) is 14.2 Å². The SMILES string of the molecule is CC(C)(C)OC(=O)N(C(=O)OC(C)(C)C)c1nn(C(=O)OC(C)(C)C)c2ccc(NC(=O)N[C@@H](c3ccc(Cl)c(Cl)c3)[C@@H]3CCCCN3)cc12. The van der Waals surface area contributed by atoms with Gasteiger partial charge in [-0.05, 0) is 118 Å². The van der Waals surface area contributed by atoms with Crippen LogP contribution in [0.1, 0.15) is 93.2 Å². The van der Waals surface area contributed by atoms with Crippen molar-refractivity contribution in [2.45, 2.75) is 110 Å². The van der Waals surface area contributed by atoms with Crippen molar-refractivity contribution in [2.75, 3.05) is 16.8 Å². The molecule has 272 valence electrons. The number of hydrogen-bond acceptors (Lipinski definition) is 9. The number of hydrogen-bond donors (Lipinski definition) is 3. The molecule has 13 nitrogen and oxygen atoms in total. The fourth-order valence-electron chi connectivity index (χ4n) is 5.25. The van der Waals surface area contributed by atoms with Gasteiger partial charge in [-0.1, -0.05) is 35.7 Å². The van der Waals surface area contributed by atoms with E-state index in [4.69, 9.17) is 37.4 Å². The first-order valence-electron chi connectivity index (χ1n) is 16.4. The summed E-state index contributed by atoms with van der Waals surface area (Å²) in [6.45, 7) is 15.7. The van der Waals surface area contributed by atoms with Gasteiger partial charge in [0.05, 0.1) is 21.6 Å². The van der Waals surface area contributed by atoms with Crippen LogP contribution in [-0.4, -0.2) is 63.5 Å². The number of ether oxygens (including phenoxy) is 3. The monoisotopic (exact) mass is 732 g/mol. The number of nitrogens with zero attached hydrogens (tertiary/aromatic N) is 3. The summed E-state index contributed by atoms with van der Waals surface area (Å²) in [5, 5.41) is 14.7. The standard InChI is InChI=1S/C35H46Cl2N6O7/c1-33(2,3)48-30(45)42(31(46)49-34(4,5)6)28-22-19-21(14-16-26(22)43(41-28)32(47)50-35(7,8)9)39-29(44)40-27(25-12-10-11-17-38-25)20-13-15-23(36)24(37)18-20/h13-16,18-19,25,27,38H,10-12,17H2,1-9H3,(H2,39,40,44)/t25-,27-/m0/s1. The van der Waals surface area contributed by atoms with Gasteiger partial charge in [0.15, 0.2) is 5.82 Å². The number of imide groups is 1. The number of piperidine rings is 1. The van der Waals surface area contributed by atoms with Crippen LogP contribution in [0.25, 0.3) is 10.9 Å². The van der Waals surface area contributed by atoms with Crippen LogP contribution in [0.4, 0.5) is 30.7 Å². The van der Waals surface area contributed by atoms with E-state index in [-0.39, 0.29) is 28.5 Å². The summed E-state index contributed by atoms with van der Waals surface area (Å²) in [6.07, 6.45) is -0.169. The maximum absolute atomic E-state index is 13.6. The van der Waals surface area contributed by atoms with Gasteiger partial charge >= 0.3 is 24.3 Å². The van der Waals surface area contributed by atoms with Gasteiger partial charge in [-0.2, -0.15) is 9.58 Å². The van der Waals surface area contributed by atoms with Crippen LogP contribution in [0, 0.1) is 0 Å². The quantitative estimate of drug-likeness (QED) is 0.218. The summed E-state index contributed by atoms with van der Waals surface area (Å²) in [5.41, 5.74) is -1.64. The van der Waals surface area contributed by atoms with Crippen molar-refractivity contribution in [3.63, 3.8) is 0 Å². The fourth-order valence-corrected chi connectivity index (χ4v) is 5.55. The minimum absolute atomic E-state index is 0.0656. The third-order valence-electron chi connectivity index (χ3n) is 7.19. The number of benzene rings is 2. The van der Waals surface area contributed by atoms with Crippen molar-refractivity contribution in [1.82, 2.24) is 20.4 Å². The first-order chi connectivity index (χ1) is 23.1. The molecule has 2 aromatic carbocycles. The summed E-state index contributed by atoms with van der Waals surface area (Å²) >= 11 is 12.5. The number of carbonyl (C=O) groups is 4. The predicted molar refractivity (Wildman–Crippen MR) is 193 cm³/mol. The second-order valence-corrected chi connectivity index (χ2v) is 15.9. The molecule has 4 amide bonds.